The van der Waals surface area contributed by atoms with E-state index in [0.717, 1.165) is 60.1 Å². The minimum absolute atomic E-state index is 0.439. The standard InChI is InChI=1S/C50H84N2O4S2/c1-5-9-13-17-21-25-29-37-53-45-35-33-43(41-47(45)55-39-31-27-23-19-15-11-7-3)51-49(57)50(58)52-44-34-36-46(54-38-30-26-22-18-14-10-6-2)48(42-44)56-40-32-28-24-20-16-12-8-4/h33-36,41-42H,5-32,37-40H2,1-4H3,(H,51,57)(H,52,58). The highest BCUT2D eigenvalue weighted by molar-refractivity contribution is 7.89. The van der Waals surface area contributed by atoms with E-state index in [1.807, 2.05) is 36.4 Å². The summed E-state index contributed by atoms with van der Waals surface area (Å²) in [5.41, 5.74) is 1.64. The summed E-state index contributed by atoms with van der Waals surface area (Å²) in [4.78, 5) is 0.879. The summed E-state index contributed by atoms with van der Waals surface area (Å²) >= 11 is 11.6. The normalized spacial score (nSPS) is 11.0. The molecule has 0 heterocycles. The van der Waals surface area contributed by atoms with Crippen molar-refractivity contribution in [3.8, 4) is 23.0 Å². The van der Waals surface area contributed by atoms with Gasteiger partial charge in [-0.2, -0.15) is 0 Å². The maximum Gasteiger partial charge on any atom is 0.163 e. The van der Waals surface area contributed by atoms with E-state index in [9.17, 15) is 0 Å². The van der Waals surface area contributed by atoms with Crippen molar-refractivity contribution < 1.29 is 18.9 Å². The number of rotatable bonds is 38. The molecule has 2 aromatic rings. The molecule has 0 spiro atoms. The largest absolute Gasteiger partial charge is 0.490 e. The number of hydrogen-bond donors (Lipinski definition) is 2. The maximum atomic E-state index is 6.34. The van der Waals surface area contributed by atoms with Crippen LogP contribution >= 0.6 is 24.4 Å². The van der Waals surface area contributed by atoms with Gasteiger partial charge in [-0.1, -0.05) is 206 Å². The zero-order chi connectivity index (χ0) is 41.7. The zero-order valence-corrected chi connectivity index (χ0v) is 39.2. The second kappa shape index (κ2) is 36.3. The lowest BCUT2D eigenvalue weighted by Crippen LogP contribution is -2.25. The highest BCUT2D eigenvalue weighted by Gasteiger charge is 2.13. The van der Waals surface area contributed by atoms with Crippen LogP contribution in [0.15, 0.2) is 36.4 Å². The van der Waals surface area contributed by atoms with Crippen molar-refractivity contribution in [2.75, 3.05) is 37.1 Å². The topological polar surface area (TPSA) is 61.0 Å². The zero-order valence-electron chi connectivity index (χ0n) is 37.5. The van der Waals surface area contributed by atoms with Gasteiger partial charge in [0, 0.05) is 23.5 Å². The summed E-state index contributed by atoms with van der Waals surface area (Å²) in [6.45, 7) is 11.8. The van der Waals surface area contributed by atoms with Crippen LogP contribution in [0.1, 0.15) is 207 Å². The van der Waals surface area contributed by atoms with Gasteiger partial charge in [-0.15, -0.1) is 0 Å². The Kier molecular flexibility index (Phi) is 32.3. The highest BCUT2D eigenvalue weighted by Crippen LogP contribution is 2.33. The molecule has 0 unspecified atom stereocenters. The molecule has 58 heavy (non-hydrogen) atoms. The van der Waals surface area contributed by atoms with E-state index in [1.165, 1.54) is 154 Å². The number of nitrogens with one attached hydrogen (secondary N) is 2. The third kappa shape index (κ3) is 25.8. The van der Waals surface area contributed by atoms with Gasteiger partial charge in [-0.05, 0) is 49.9 Å². The van der Waals surface area contributed by atoms with Crippen molar-refractivity contribution >= 4 is 45.8 Å². The van der Waals surface area contributed by atoms with E-state index in [2.05, 4.69) is 38.3 Å². The van der Waals surface area contributed by atoms with E-state index in [0.29, 0.717) is 36.4 Å². The van der Waals surface area contributed by atoms with Crippen LogP contribution < -0.4 is 29.6 Å². The van der Waals surface area contributed by atoms with Crippen molar-refractivity contribution in [1.29, 1.82) is 0 Å². The van der Waals surface area contributed by atoms with Crippen LogP contribution in [-0.2, 0) is 0 Å². The first-order chi connectivity index (χ1) is 28.5. The Balaban J connectivity index is 2.01. The third-order valence-corrected chi connectivity index (χ3v) is 11.4. The Morgan fingerprint density at radius 1 is 0.345 bits per heavy atom. The maximum absolute atomic E-state index is 6.34. The van der Waals surface area contributed by atoms with Crippen molar-refractivity contribution in [1.82, 2.24) is 0 Å². The highest BCUT2D eigenvalue weighted by atomic mass is 32.1. The van der Waals surface area contributed by atoms with Crippen LogP contribution in [0, 0.1) is 0 Å². The van der Waals surface area contributed by atoms with Gasteiger partial charge < -0.3 is 29.6 Å². The lowest BCUT2D eigenvalue weighted by molar-refractivity contribution is 0.258. The van der Waals surface area contributed by atoms with Gasteiger partial charge in [0.1, 0.15) is 9.98 Å². The molecule has 0 aliphatic carbocycles. The fourth-order valence-corrected chi connectivity index (χ4v) is 7.31. The number of thiocarbonyl (C=S) groups is 2. The van der Waals surface area contributed by atoms with Crippen molar-refractivity contribution in [3.05, 3.63) is 36.4 Å². The molecule has 6 nitrogen and oxygen atoms in total. The summed E-state index contributed by atoms with van der Waals surface area (Å²) in [7, 11) is 0. The molecule has 2 N–H and O–H groups in total. The minimum Gasteiger partial charge on any atom is -0.490 e. The van der Waals surface area contributed by atoms with Crippen molar-refractivity contribution in [2.45, 2.75) is 207 Å². The Hall–Kier alpha value is -2.58. The van der Waals surface area contributed by atoms with Crippen LogP contribution in [0.4, 0.5) is 11.4 Å². The van der Waals surface area contributed by atoms with E-state index >= 15 is 0 Å². The van der Waals surface area contributed by atoms with Crippen LogP contribution in [0.5, 0.6) is 23.0 Å². The number of hydrogen-bond acceptors (Lipinski definition) is 6. The van der Waals surface area contributed by atoms with E-state index < -0.39 is 0 Å². The molecule has 0 aliphatic heterocycles. The predicted octanol–water partition coefficient (Wildman–Crippen LogP) is 16.4. The molecule has 0 bridgehead atoms. The fourth-order valence-electron chi connectivity index (χ4n) is 6.98. The first-order valence-corrected chi connectivity index (χ1v) is 24.8. The number of anilines is 2. The smallest absolute Gasteiger partial charge is 0.163 e. The second-order valence-electron chi connectivity index (χ2n) is 16.1. The fraction of sp³-hybridized carbons (Fsp3) is 0.720. The molecule has 0 amide bonds. The molecule has 2 rings (SSSR count). The van der Waals surface area contributed by atoms with Crippen molar-refractivity contribution in [3.63, 3.8) is 0 Å². The molecular weight excluding hydrogens is 757 g/mol. The molecule has 0 atom stereocenters. The first kappa shape index (κ1) is 51.6. The van der Waals surface area contributed by atoms with Crippen LogP contribution in [0.3, 0.4) is 0 Å². The van der Waals surface area contributed by atoms with E-state index in [1.54, 1.807) is 0 Å². The predicted molar refractivity (Wildman–Crippen MR) is 259 cm³/mol. The Bertz CT molecular complexity index is 1220. The summed E-state index contributed by atoms with van der Waals surface area (Å²) in [6.07, 6.45) is 34.9. The van der Waals surface area contributed by atoms with Gasteiger partial charge in [0.05, 0.1) is 26.4 Å². The molecule has 0 aromatic heterocycles. The molecule has 0 saturated carbocycles. The Labute approximate surface area is 367 Å². The summed E-state index contributed by atoms with van der Waals surface area (Å²) in [5, 5.41) is 6.69. The van der Waals surface area contributed by atoms with Gasteiger partial charge >= 0.3 is 0 Å². The number of unbranched alkanes of at least 4 members (excludes halogenated alkanes) is 24. The van der Waals surface area contributed by atoms with Crippen LogP contribution in [-0.4, -0.2) is 36.4 Å². The first-order valence-electron chi connectivity index (χ1n) is 23.9. The Morgan fingerprint density at radius 3 is 0.862 bits per heavy atom. The molecule has 0 radical (unpaired) electrons. The third-order valence-electron chi connectivity index (χ3n) is 10.6. The SMILES string of the molecule is CCCCCCCCCOc1ccc(NC(=S)C(=S)Nc2ccc(OCCCCCCCCC)c(OCCCCCCCCC)c2)cc1OCCCCCCCCC. The number of benzene rings is 2. The molecule has 0 saturated heterocycles. The number of ether oxygens (including phenoxy) is 4. The van der Waals surface area contributed by atoms with Gasteiger partial charge in [0.2, 0.25) is 0 Å². The van der Waals surface area contributed by atoms with E-state index in [-0.39, 0.29) is 0 Å². The quantitative estimate of drug-likeness (QED) is 0.0512. The van der Waals surface area contributed by atoms with Gasteiger partial charge in [0.15, 0.2) is 23.0 Å². The van der Waals surface area contributed by atoms with Gasteiger partial charge in [-0.3, -0.25) is 0 Å². The lowest BCUT2D eigenvalue weighted by Gasteiger charge is -2.17. The van der Waals surface area contributed by atoms with Crippen LogP contribution in [0.25, 0.3) is 0 Å². The monoisotopic (exact) mass is 841 g/mol. The molecule has 0 fully saturated rings. The summed E-state index contributed by atoms with van der Waals surface area (Å²) in [6, 6.07) is 11.9. The average molecular weight is 841 g/mol. The molecular formula is C50H84N2O4S2. The van der Waals surface area contributed by atoms with Crippen LogP contribution in [0.2, 0.25) is 0 Å². The Morgan fingerprint density at radius 2 is 0.586 bits per heavy atom. The summed E-state index contributed by atoms with van der Waals surface area (Å²) < 4.78 is 25.2. The van der Waals surface area contributed by atoms with Gasteiger partial charge in [-0.25, -0.2) is 0 Å². The average Bonchev–Trinajstić information content (AvgIpc) is 3.23. The molecule has 0 aliphatic rings. The van der Waals surface area contributed by atoms with Crippen molar-refractivity contribution in [2.24, 2.45) is 0 Å². The lowest BCUT2D eigenvalue weighted by atomic mass is 10.1. The summed E-state index contributed by atoms with van der Waals surface area (Å²) in [5.74, 6) is 3.06. The minimum atomic E-state index is 0.439. The molecule has 2 aromatic carbocycles. The molecule has 330 valence electrons. The van der Waals surface area contributed by atoms with Gasteiger partial charge in [0.25, 0.3) is 0 Å². The second-order valence-corrected chi connectivity index (χ2v) is 16.9. The molecule has 8 heteroatoms. The van der Waals surface area contributed by atoms with E-state index in [4.69, 9.17) is 43.4 Å².